The predicted molar refractivity (Wildman–Crippen MR) is 114 cm³/mol. The first-order valence-electron chi connectivity index (χ1n) is 10.4. The first-order valence-corrected chi connectivity index (χ1v) is 11.7. The molecule has 0 bridgehead atoms. The van der Waals surface area contributed by atoms with Gasteiger partial charge in [-0.2, -0.15) is 0 Å². The number of thioether (sulfide) groups is 1. The summed E-state index contributed by atoms with van der Waals surface area (Å²) in [5.41, 5.74) is 0.788. The van der Waals surface area contributed by atoms with Crippen LogP contribution in [0.3, 0.4) is 0 Å². The van der Waals surface area contributed by atoms with E-state index in [1.807, 2.05) is 30.5 Å². The van der Waals surface area contributed by atoms with Crippen molar-refractivity contribution >= 4 is 35.2 Å². The van der Waals surface area contributed by atoms with Gasteiger partial charge in [-0.15, -0.1) is 11.8 Å². The van der Waals surface area contributed by atoms with Gasteiger partial charge in [-0.25, -0.2) is 0 Å². The number of amides is 2. The molecule has 0 aromatic heterocycles. The molecule has 2 fully saturated rings. The van der Waals surface area contributed by atoms with E-state index >= 15 is 0 Å². The highest BCUT2D eigenvalue weighted by atomic mass is 32.2. The van der Waals surface area contributed by atoms with Crippen LogP contribution < -0.4 is 10.2 Å². The SMILES string of the molecule is CSc1cccc(N2C[C@H](C(=O)O[C@H](C)C(=O)NC3CCCCCC3)CC2=O)c1. The normalized spacial score (nSPS) is 21.5. The van der Waals surface area contributed by atoms with Crippen LogP contribution in [0.2, 0.25) is 0 Å². The summed E-state index contributed by atoms with van der Waals surface area (Å²) in [6.07, 6.45) is 7.86. The molecule has 2 atom stereocenters. The summed E-state index contributed by atoms with van der Waals surface area (Å²) in [5.74, 6) is -1.38. The van der Waals surface area contributed by atoms with E-state index in [0.717, 1.165) is 36.3 Å². The lowest BCUT2D eigenvalue weighted by Crippen LogP contribution is -2.42. The van der Waals surface area contributed by atoms with Crippen LogP contribution in [0.4, 0.5) is 5.69 Å². The van der Waals surface area contributed by atoms with Crippen LogP contribution in [0.5, 0.6) is 0 Å². The minimum atomic E-state index is -0.852. The number of hydrogen-bond acceptors (Lipinski definition) is 5. The van der Waals surface area contributed by atoms with E-state index in [1.54, 1.807) is 23.6 Å². The highest BCUT2D eigenvalue weighted by Gasteiger charge is 2.37. The van der Waals surface area contributed by atoms with Crippen molar-refractivity contribution in [3.63, 3.8) is 0 Å². The highest BCUT2D eigenvalue weighted by Crippen LogP contribution is 2.29. The van der Waals surface area contributed by atoms with E-state index in [2.05, 4.69) is 5.32 Å². The molecule has 0 unspecified atom stereocenters. The molecule has 3 rings (SSSR count). The van der Waals surface area contributed by atoms with Gasteiger partial charge in [-0.05, 0) is 44.2 Å². The molecule has 0 radical (unpaired) electrons. The monoisotopic (exact) mass is 418 g/mol. The maximum absolute atomic E-state index is 12.6. The average Bonchev–Trinajstić information content (AvgIpc) is 2.93. The molecule has 1 saturated heterocycles. The number of hydrogen-bond donors (Lipinski definition) is 1. The number of esters is 1. The Morgan fingerprint density at radius 3 is 2.62 bits per heavy atom. The highest BCUT2D eigenvalue weighted by molar-refractivity contribution is 7.98. The lowest BCUT2D eigenvalue weighted by atomic mass is 10.1. The molecule has 158 valence electrons. The zero-order chi connectivity index (χ0) is 20.8. The number of rotatable bonds is 6. The fraction of sp³-hybridized carbons (Fsp3) is 0.591. The van der Waals surface area contributed by atoms with Crippen LogP contribution in [0.1, 0.15) is 51.9 Å². The number of benzene rings is 1. The quantitative estimate of drug-likeness (QED) is 0.434. The third-order valence-corrected chi connectivity index (χ3v) is 6.41. The van der Waals surface area contributed by atoms with E-state index in [4.69, 9.17) is 4.74 Å². The van der Waals surface area contributed by atoms with Crippen molar-refractivity contribution < 1.29 is 19.1 Å². The molecule has 1 aliphatic heterocycles. The molecule has 6 nitrogen and oxygen atoms in total. The Hall–Kier alpha value is -2.02. The molecule has 1 heterocycles. The molecule has 1 aromatic carbocycles. The largest absolute Gasteiger partial charge is 0.452 e. The number of nitrogens with zero attached hydrogens (tertiary/aromatic N) is 1. The summed E-state index contributed by atoms with van der Waals surface area (Å²) in [4.78, 5) is 40.1. The summed E-state index contributed by atoms with van der Waals surface area (Å²) in [7, 11) is 0. The van der Waals surface area contributed by atoms with Crippen molar-refractivity contribution in [1.82, 2.24) is 5.32 Å². The van der Waals surface area contributed by atoms with Crippen molar-refractivity contribution in [3.8, 4) is 0 Å². The fourth-order valence-electron chi connectivity index (χ4n) is 3.96. The Balaban J connectivity index is 1.53. The molecule has 29 heavy (non-hydrogen) atoms. The minimum Gasteiger partial charge on any atom is -0.452 e. The molecule has 1 N–H and O–H groups in total. The third kappa shape index (κ3) is 5.75. The van der Waals surface area contributed by atoms with Crippen LogP contribution >= 0.6 is 11.8 Å². The number of carbonyl (C=O) groups is 3. The van der Waals surface area contributed by atoms with Crippen molar-refractivity contribution in [2.24, 2.45) is 5.92 Å². The Kier molecular flexibility index (Phi) is 7.58. The van der Waals surface area contributed by atoms with Gasteiger partial charge in [-0.3, -0.25) is 14.4 Å². The van der Waals surface area contributed by atoms with Gasteiger partial charge in [0.25, 0.3) is 5.91 Å². The second kappa shape index (κ2) is 10.1. The van der Waals surface area contributed by atoms with Crippen molar-refractivity contribution in [1.29, 1.82) is 0 Å². The van der Waals surface area contributed by atoms with Gasteiger partial charge in [0.05, 0.1) is 5.92 Å². The molecule has 0 spiro atoms. The van der Waals surface area contributed by atoms with Gasteiger partial charge in [-0.1, -0.05) is 31.7 Å². The lowest BCUT2D eigenvalue weighted by molar-refractivity contribution is -0.158. The number of nitrogens with one attached hydrogen (secondary N) is 1. The maximum atomic E-state index is 12.6. The van der Waals surface area contributed by atoms with Gasteiger partial charge in [0, 0.05) is 29.6 Å². The van der Waals surface area contributed by atoms with Crippen molar-refractivity contribution in [3.05, 3.63) is 24.3 Å². The summed E-state index contributed by atoms with van der Waals surface area (Å²) < 4.78 is 5.41. The Labute approximate surface area is 176 Å². The zero-order valence-electron chi connectivity index (χ0n) is 17.2. The first kappa shape index (κ1) is 21.7. The summed E-state index contributed by atoms with van der Waals surface area (Å²) in [6.45, 7) is 1.88. The molecule has 1 aromatic rings. The standard InChI is InChI=1S/C22H30N2O4S/c1-15(21(26)23-17-8-5-3-4-6-9-17)28-22(27)16-12-20(25)24(14-16)18-10-7-11-19(13-18)29-2/h7,10-11,13,15-17H,3-6,8-9,12,14H2,1-2H3,(H,23,26)/t15-,16-/m1/s1. The van der Waals surface area contributed by atoms with E-state index in [9.17, 15) is 14.4 Å². The molecular weight excluding hydrogens is 388 g/mol. The van der Waals surface area contributed by atoms with Gasteiger partial charge in [0.15, 0.2) is 6.10 Å². The average molecular weight is 419 g/mol. The topological polar surface area (TPSA) is 75.7 Å². The molecule has 7 heteroatoms. The second-order valence-corrected chi connectivity index (χ2v) is 8.76. The third-order valence-electron chi connectivity index (χ3n) is 5.69. The van der Waals surface area contributed by atoms with E-state index < -0.39 is 18.0 Å². The van der Waals surface area contributed by atoms with Gasteiger partial charge >= 0.3 is 5.97 Å². The van der Waals surface area contributed by atoms with Crippen LogP contribution in [-0.2, 0) is 19.1 Å². The zero-order valence-corrected chi connectivity index (χ0v) is 18.0. The smallest absolute Gasteiger partial charge is 0.312 e. The number of anilines is 1. The van der Waals surface area contributed by atoms with Crippen LogP contribution in [0.15, 0.2) is 29.2 Å². The summed E-state index contributed by atoms with van der Waals surface area (Å²) >= 11 is 1.60. The van der Waals surface area contributed by atoms with Crippen molar-refractivity contribution in [2.75, 3.05) is 17.7 Å². The molecule has 1 aliphatic carbocycles. The minimum absolute atomic E-state index is 0.0965. The maximum Gasteiger partial charge on any atom is 0.312 e. The molecule has 1 saturated carbocycles. The second-order valence-electron chi connectivity index (χ2n) is 7.88. The van der Waals surface area contributed by atoms with E-state index in [-0.39, 0.29) is 30.8 Å². The first-order chi connectivity index (χ1) is 14.0. The Morgan fingerprint density at radius 1 is 1.21 bits per heavy atom. The van der Waals surface area contributed by atoms with Gasteiger partial charge < -0.3 is 15.0 Å². The fourth-order valence-corrected chi connectivity index (χ4v) is 4.41. The lowest BCUT2D eigenvalue weighted by Gasteiger charge is -2.21. The van der Waals surface area contributed by atoms with Gasteiger partial charge in [0.1, 0.15) is 0 Å². The summed E-state index contributed by atoms with van der Waals surface area (Å²) in [6, 6.07) is 7.86. The predicted octanol–water partition coefficient (Wildman–Crippen LogP) is 3.53. The molecular formula is C22H30N2O4S. The Morgan fingerprint density at radius 2 is 1.93 bits per heavy atom. The summed E-state index contributed by atoms with van der Waals surface area (Å²) in [5, 5.41) is 3.01. The van der Waals surface area contributed by atoms with Crippen LogP contribution in [-0.4, -0.2) is 42.7 Å². The molecule has 2 amide bonds. The van der Waals surface area contributed by atoms with E-state index in [1.165, 1.54) is 12.8 Å². The molecule has 2 aliphatic rings. The van der Waals surface area contributed by atoms with E-state index in [0.29, 0.717) is 0 Å². The van der Waals surface area contributed by atoms with Crippen molar-refractivity contribution in [2.45, 2.75) is 68.9 Å². The van der Waals surface area contributed by atoms with Gasteiger partial charge in [0.2, 0.25) is 5.91 Å². The number of carbonyl (C=O) groups excluding carboxylic acids is 3. The van der Waals surface area contributed by atoms with Crippen LogP contribution in [0.25, 0.3) is 0 Å². The Bertz CT molecular complexity index is 746. The van der Waals surface area contributed by atoms with Crippen LogP contribution in [0, 0.1) is 5.92 Å². The number of ether oxygens (including phenoxy) is 1.